The number of benzene rings is 1. The molecule has 3 N–H and O–H groups in total. The topological polar surface area (TPSA) is 65.9 Å². The van der Waals surface area contributed by atoms with Gasteiger partial charge in [0, 0.05) is 12.6 Å². The van der Waals surface area contributed by atoms with Gasteiger partial charge in [0.25, 0.3) is 0 Å². The highest BCUT2D eigenvalue weighted by Crippen LogP contribution is 2.19. The number of halogens is 2. The van der Waals surface area contributed by atoms with E-state index in [-0.39, 0.29) is 11.9 Å². The lowest BCUT2D eigenvalue weighted by atomic mass is 9.93. The lowest BCUT2D eigenvalue weighted by Gasteiger charge is -2.27. The molecular weight excluding hydrogens is 316 g/mol. The molecule has 134 valence electrons. The summed E-state index contributed by atoms with van der Waals surface area (Å²) < 4.78 is 28.9. The highest BCUT2D eigenvalue weighted by Gasteiger charge is 2.19. The Morgan fingerprint density at radius 3 is 2.75 bits per heavy atom. The fourth-order valence-electron chi connectivity index (χ4n) is 2.72. The average molecular weight is 341 g/mol. The molecule has 1 aromatic carbocycles. The van der Waals surface area contributed by atoms with Crippen molar-refractivity contribution < 1.29 is 18.6 Å². The predicted molar refractivity (Wildman–Crippen MR) is 89.3 cm³/mol. The van der Waals surface area contributed by atoms with Gasteiger partial charge in [-0.15, -0.1) is 0 Å². The van der Waals surface area contributed by atoms with Crippen LogP contribution in [0.3, 0.4) is 0 Å². The predicted octanol–water partition coefficient (Wildman–Crippen LogP) is 2.65. The van der Waals surface area contributed by atoms with E-state index >= 15 is 0 Å². The van der Waals surface area contributed by atoms with Crippen LogP contribution in [-0.4, -0.2) is 36.4 Å². The van der Waals surface area contributed by atoms with E-state index in [9.17, 15) is 13.9 Å². The van der Waals surface area contributed by atoms with Gasteiger partial charge in [0.2, 0.25) is 0 Å². The van der Waals surface area contributed by atoms with Gasteiger partial charge >= 0.3 is 6.61 Å². The number of hydrogen-bond donors (Lipinski definition) is 3. The number of nitrogens with zero attached hydrogens (tertiary/aromatic N) is 1. The molecule has 0 saturated heterocycles. The van der Waals surface area contributed by atoms with E-state index in [1.807, 2.05) is 13.0 Å². The largest absolute Gasteiger partial charge is 0.435 e. The number of alkyl halides is 2. The smallest absolute Gasteiger partial charge is 0.387 e. The summed E-state index contributed by atoms with van der Waals surface area (Å²) in [5.41, 5.74) is 0.796. The number of aliphatic hydroxyl groups is 1. The molecule has 1 saturated carbocycles. The maximum Gasteiger partial charge on any atom is 0.387 e. The quantitative estimate of drug-likeness (QED) is 0.550. The van der Waals surface area contributed by atoms with Crippen LogP contribution < -0.4 is 15.4 Å². The molecule has 0 heterocycles. The maximum atomic E-state index is 12.3. The molecule has 2 rings (SSSR count). The molecule has 1 aromatic rings. The molecule has 0 amide bonds. The minimum Gasteiger partial charge on any atom is -0.435 e. The minimum atomic E-state index is -2.83. The monoisotopic (exact) mass is 341 g/mol. The summed E-state index contributed by atoms with van der Waals surface area (Å²) >= 11 is 0. The number of aliphatic hydroxyl groups excluding tert-OH is 1. The number of rotatable bonds is 6. The van der Waals surface area contributed by atoms with Crippen LogP contribution in [0.25, 0.3) is 0 Å². The third kappa shape index (κ3) is 6.31. The minimum absolute atomic E-state index is 0.136. The van der Waals surface area contributed by atoms with Gasteiger partial charge in [0.1, 0.15) is 5.75 Å². The zero-order valence-corrected chi connectivity index (χ0v) is 13.8. The maximum absolute atomic E-state index is 12.3. The second-order valence-electron chi connectivity index (χ2n) is 5.87. The first-order chi connectivity index (χ1) is 11.6. The zero-order chi connectivity index (χ0) is 17.4. The first-order valence-electron chi connectivity index (χ1n) is 8.33. The second kappa shape index (κ2) is 9.42. The Labute approximate surface area is 141 Å². The van der Waals surface area contributed by atoms with E-state index in [1.165, 1.54) is 6.07 Å². The lowest BCUT2D eigenvalue weighted by molar-refractivity contribution is -0.0498. The van der Waals surface area contributed by atoms with E-state index in [4.69, 9.17) is 0 Å². The van der Waals surface area contributed by atoms with Crippen molar-refractivity contribution in [1.82, 2.24) is 10.6 Å². The third-order valence-corrected chi connectivity index (χ3v) is 3.93. The highest BCUT2D eigenvalue weighted by molar-refractivity contribution is 5.80. The Balaban J connectivity index is 1.95. The van der Waals surface area contributed by atoms with E-state index in [1.54, 1.807) is 12.1 Å². The first kappa shape index (κ1) is 18.4. The lowest BCUT2D eigenvalue weighted by Crippen LogP contribution is -2.45. The average Bonchev–Trinajstić information content (AvgIpc) is 2.55. The molecule has 1 aliphatic carbocycles. The molecule has 1 fully saturated rings. The SMILES string of the molecule is CCNC(=NCc1cccc(OC(F)F)c1)NC1CCC(O)CC1. The molecule has 0 bridgehead atoms. The summed E-state index contributed by atoms with van der Waals surface area (Å²) in [6.07, 6.45) is 3.21. The molecule has 0 aromatic heterocycles. The van der Waals surface area contributed by atoms with Crippen LogP contribution in [0.5, 0.6) is 5.75 Å². The molecule has 0 aliphatic heterocycles. The molecule has 7 heteroatoms. The van der Waals surface area contributed by atoms with Crippen molar-refractivity contribution in [2.75, 3.05) is 6.54 Å². The molecule has 24 heavy (non-hydrogen) atoms. The highest BCUT2D eigenvalue weighted by atomic mass is 19.3. The number of aliphatic imine (C=N–C) groups is 1. The van der Waals surface area contributed by atoms with Crippen molar-refractivity contribution in [3.63, 3.8) is 0 Å². The van der Waals surface area contributed by atoms with Gasteiger partial charge in [0.05, 0.1) is 12.6 Å². The van der Waals surface area contributed by atoms with E-state index in [0.29, 0.717) is 18.5 Å². The number of guanidine groups is 1. The van der Waals surface area contributed by atoms with E-state index in [0.717, 1.165) is 37.8 Å². The standard InChI is InChI=1S/C17H25F2N3O2/c1-2-20-17(22-13-6-8-14(23)9-7-13)21-11-12-4-3-5-15(10-12)24-16(18)19/h3-5,10,13-14,16,23H,2,6-9,11H2,1H3,(H2,20,21,22). The van der Waals surface area contributed by atoms with Crippen molar-refractivity contribution in [3.05, 3.63) is 29.8 Å². The van der Waals surface area contributed by atoms with Gasteiger partial charge in [-0.05, 0) is 50.3 Å². The summed E-state index contributed by atoms with van der Waals surface area (Å²) in [5, 5.41) is 16.1. The molecule has 0 spiro atoms. The van der Waals surface area contributed by atoms with Crippen molar-refractivity contribution in [2.24, 2.45) is 4.99 Å². The Kier molecular flexibility index (Phi) is 7.24. The van der Waals surface area contributed by atoms with E-state index < -0.39 is 6.61 Å². The Morgan fingerprint density at radius 1 is 1.33 bits per heavy atom. The Morgan fingerprint density at radius 2 is 2.08 bits per heavy atom. The van der Waals surface area contributed by atoms with Crippen LogP contribution >= 0.6 is 0 Å². The summed E-state index contributed by atoms with van der Waals surface area (Å²) in [7, 11) is 0. The van der Waals surface area contributed by atoms with Gasteiger partial charge in [-0.25, -0.2) is 4.99 Å². The zero-order valence-electron chi connectivity index (χ0n) is 13.8. The van der Waals surface area contributed by atoms with Crippen LogP contribution in [0.4, 0.5) is 8.78 Å². The molecule has 1 aliphatic rings. The van der Waals surface area contributed by atoms with Crippen molar-refractivity contribution in [3.8, 4) is 5.75 Å². The summed E-state index contributed by atoms with van der Waals surface area (Å²) in [5.74, 6) is 0.830. The first-order valence-corrected chi connectivity index (χ1v) is 8.33. The molecule has 0 radical (unpaired) electrons. The Bertz CT molecular complexity index is 532. The summed E-state index contributed by atoms with van der Waals surface area (Å²) in [6.45, 7) is 0.254. The van der Waals surface area contributed by atoms with Gasteiger partial charge in [-0.2, -0.15) is 8.78 Å². The van der Waals surface area contributed by atoms with Gasteiger partial charge in [0.15, 0.2) is 5.96 Å². The van der Waals surface area contributed by atoms with Crippen molar-refractivity contribution >= 4 is 5.96 Å². The van der Waals surface area contributed by atoms with Crippen molar-refractivity contribution in [2.45, 2.75) is 57.9 Å². The number of hydrogen-bond acceptors (Lipinski definition) is 3. The molecule has 5 nitrogen and oxygen atoms in total. The van der Waals surface area contributed by atoms with Gasteiger partial charge < -0.3 is 20.5 Å². The van der Waals surface area contributed by atoms with Crippen LogP contribution in [0.15, 0.2) is 29.3 Å². The number of nitrogens with one attached hydrogen (secondary N) is 2. The van der Waals surface area contributed by atoms with Crippen LogP contribution in [0.1, 0.15) is 38.2 Å². The second-order valence-corrected chi connectivity index (χ2v) is 5.87. The molecule has 0 atom stereocenters. The fraction of sp³-hybridized carbons (Fsp3) is 0.588. The van der Waals surface area contributed by atoms with Gasteiger partial charge in [-0.3, -0.25) is 0 Å². The van der Waals surface area contributed by atoms with Gasteiger partial charge in [-0.1, -0.05) is 12.1 Å². The summed E-state index contributed by atoms with van der Waals surface area (Å²) in [6, 6.07) is 6.85. The third-order valence-electron chi connectivity index (χ3n) is 3.93. The van der Waals surface area contributed by atoms with Crippen LogP contribution in [0, 0.1) is 0 Å². The normalized spacial score (nSPS) is 21.6. The van der Waals surface area contributed by atoms with E-state index in [2.05, 4.69) is 20.4 Å². The fourth-order valence-corrected chi connectivity index (χ4v) is 2.72. The van der Waals surface area contributed by atoms with Crippen LogP contribution in [-0.2, 0) is 6.54 Å². The van der Waals surface area contributed by atoms with Crippen LogP contribution in [0.2, 0.25) is 0 Å². The Hall–Kier alpha value is -1.89. The summed E-state index contributed by atoms with van der Waals surface area (Å²) in [4.78, 5) is 4.51. The number of ether oxygens (including phenoxy) is 1. The molecular formula is C17H25F2N3O2. The molecule has 0 unspecified atom stereocenters. The van der Waals surface area contributed by atoms with Crippen molar-refractivity contribution in [1.29, 1.82) is 0 Å².